The number of hydrogen-bond acceptors (Lipinski definition) is 3. The third-order valence-corrected chi connectivity index (χ3v) is 3.05. The fourth-order valence-electron chi connectivity index (χ4n) is 1.61. The molecule has 0 aliphatic heterocycles. The molecule has 0 radical (unpaired) electrons. The largest absolute Gasteiger partial charge is 0.394 e. The Kier molecular flexibility index (Phi) is 5.50. The van der Waals surface area contributed by atoms with Crippen LogP contribution in [0.1, 0.15) is 18.1 Å². The van der Waals surface area contributed by atoms with E-state index in [1.54, 1.807) is 6.92 Å². The quantitative estimate of drug-likeness (QED) is 0.736. The summed E-state index contributed by atoms with van der Waals surface area (Å²) in [5.74, 6) is -1.50. The summed E-state index contributed by atoms with van der Waals surface area (Å²) in [4.78, 5) is 23.3. The second-order valence-electron chi connectivity index (χ2n) is 4.43. The van der Waals surface area contributed by atoms with E-state index in [2.05, 4.69) is 26.6 Å². The third-order valence-electron chi connectivity index (χ3n) is 2.59. The molecule has 1 aromatic carbocycles. The van der Waals surface area contributed by atoms with Gasteiger partial charge in [-0.25, -0.2) is 0 Å². The molecule has 1 atom stereocenters. The van der Waals surface area contributed by atoms with Crippen molar-refractivity contribution < 1.29 is 14.7 Å². The van der Waals surface area contributed by atoms with Gasteiger partial charge in [0.25, 0.3) is 0 Å². The van der Waals surface area contributed by atoms with E-state index in [9.17, 15) is 9.59 Å². The number of carbonyl (C=O) groups is 2. The number of aryl methyl sites for hydroxylation is 2. The minimum atomic E-state index is -0.761. The van der Waals surface area contributed by atoms with Crippen molar-refractivity contribution in [2.45, 2.75) is 26.8 Å². The number of rotatable bonds is 3. The number of benzene rings is 1. The Balaban J connectivity index is 2.80. The van der Waals surface area contributed by atoms with Crippen molar-refractivity contribution in [1.29, 1.82) is 0 Å². The molecule has 104 valence electrons. The van der Waals surface area contributed by atoms with Crippen molar-refractivity contribution in [3.63, 3.8) is 0 Å². The molecule has 0 saturated carbocycles. The van der Waals surface area contributed by atoms with Gasteiger partial charge in [0.2, 0.25) is 0 Å². The van der Waals surface area contributed by atoms with Gasteiger partial charge in [-0.3, -0.25) is 9.59 Å². The van der Waals surface area contributed by atoms with Gasteiger partial charge in [-0.2, -0.15) is 0 Å². The van der Waals surface area contributed by atoms with Crippen molar-refractivity contribution in [1.82, 2.24) is 5.32 Å². The van der Waals surface area contributed by atoms with E-state index in [0.29, 0.717) is 5.69 Å². The van der Waals surface area contributed by atoms with Gasteiger partial charge < -0.3 is 15.7 Å². The molecule has 1 rings (SSSR count). The normalized spacial score (nSPS) is 11.8. The lowest BCUT2D eigenvalue weighted by atomic mass is 10.1. The minimum absolute atomic E-state index is 0.213. The second kappa shape index (κ2) is 6.68. The van der Waals surface area contributed by atoms with Crippen molar-refractivity contribution in [3.8, 4) is 0 Å². The zero-order valence-electron chi connectivity index (χ0n) is 11.1. The van der Waals surface area contributed by atoms with Crippen LogP contribution in [0.3, 0.4) is 0 Å². The molecule has 2 amide bonds. The smallest absolute Gasteiger partial charge is 0.313 e. The lowest BCUT2D eigenvalue weighted by Crippen LogP contribution is -2.42. The monoisotopic (exact) mass is 328 g/mol. The highest BCUT2D eigenvalue weighted by Crippen LogP contribution is 2.24. The van der Waals surface area contributed by atoms with Crippen molar-refractivity contribution in [2.75, 3.05) is 11.9 Å². The van der Waals surface area contributed by atoms with Crippen molar-refractivity contribution in [2.24, 2.45) is 0 Å². The van der Waals surface area contributed by atoms with Gasteiger partial charge in [0.15, 0.2) is 0 Å². The second-order valence-corrected chi connectivity index (χ2v) is 5.34. The van der Waals surface area contributed by atoms with Gasteiger partial charge in [0.1, 0.15) is 0 Å². The highest BCUT2D eigenvalue weighted by molar-refractivity contribution is 9.10. The fourth-order valence-corrected chi connectivity index (χ4v) is 2.30. The average molecular weight is 329 g/mol. The molecule has 0 aliphatic rings. The van der Waals surface area contributed by atoms with E-state index in [1.165, 1.54) is 0 Å². The first-order valence-corrected chi connectivity index (χ1v) is 6.64. The first-order valence-electron chi connectivity index (χ1n) is 5.84. The first-order chi connectivity index (χ1) is 8.85. The van der Waals surface area contributed by atoms with Gasteiger partial charge in [-0.15, -0.1) is 0 Å². The summed E-state index contributed by atoms with van der Waals surface area (Å²) in [7, 11) is 0. The topological polar surface area (TPSA) is 78.4 Å². The summed E-state index contributed by atoms with van der Waals surface area (Å²) in [6, 6.07) is 3.26. The molecule has 1 aromatic rings. The molecular formula is C13H17BrN2O3. The predicted molar refractivity (Wildman–Crippen MR) is 76.9 cm³/mol. The summed E-state index contributed by atoms with van der Waals surface area (Å²) in [6.45, 7) is 5.10. The molecule has 0 bridgehead atoms. The van der Waals surface area contributed by atoms with E-state index >= 15 is 0 Å². The van der Waals surface area contributed by atoms with Crippen LogP contribution in [0, 0.1) is 13.8 Å². The molecule has 5 nitrogen and oxygen atoms in total. The number of nitrogens with one attached hydrogen (secondary N) is 2. The molecule has 0 spiro atoms. The van der Waals surface area contributed by atoms with E-state index in [4.69, 9.17) is 5.11 Å². The molecule has 6 heteroatoms. The van der Waals surface area contributed by atoms with E-state index in [1.807, 2.05) is 26.0 Å². The third kappa shape index (κ3) is 4.33. The van der Waals surface area contributed by atoms with Crippen LogP contribution >= 0.6 is 15.9 Å². The number of hydrogen-bond donors (Lipinski definition) is 3. The minimum Gasteiger partial charge on any atom is -0.394 e. The SMILES string of the molecule is Cc1cc(Br)cc(C)c1NC(=O)C(=O)N[C@H](C)CO. The summed E-state index contributed by atoms with van der Waals surface area (Å²) in [5, 5.41) is 13.8. The molecule has 0 saturated heterocycles. The zero-order valence-corrected chi connectivity index (χ0v) is 12.7. The van der Waals surface area contributed by atoms with Crippen molar-refractivity contribution in [3.05, 3.63) is 27.7 Å². The van der Waals surface area contributed by atoms with Gasteiger partial charge in [-0.1, -0.05) is 15.9 Å². The summed E-state index contributed by atoms with van der Waals surface area (Å²) < 4.78 is 0.916. The number of amides is 2. The number of halogens is 1. The van der Waals surface area contributed by atoms with Crippen LogP contribution in [0.2, 0.25) is 0 Å². The highest BCUT2D eigenvalue weighted by atomic mass is 79.9. The maximum atomic E-state index is 11.7. The average Bonchev–Trinajstić information content (AvgIpc) is 2.32. The maximum absolute atomic E-state index is 11.7. The molecule has 0 fully saturated rings. The van der Waals surface area contributed by atoms with Crippen LogP contribution in [-0.4, -0.2) is 29.6 Å². The fraction of sp³-hybridized carbons (Fsp3) is 0.385. The van der Waals surface area contributed by atoms with Crippen molar-refractivity contribution >= 4 is 33.4 Å². The Hall–Kier alpha value is -1.40. The van der Waals surface area contributed by atoms with Gasteiger partial charge in [0, 0.05) is 16.2 Å². The number of aliphatic hydroxyl groups excluding tert-OH is 1. The first kappa shape index (κ1) is 15.7. The number of carbonyl (C=O) groups excluding carboxylic acids is 2. The lowest BCUT2D eigenvalue weighted by Gasteiger charge is -2.14. The van der Waals surface area contributed by atoms with Crippen LogP contribution in [0.25, 0.3) is 0 Å². The van der Waals surface area contributed by atoms with E-state index in [-0.39, 0.29) is 6.61 Å². The zero-order chi connectivity index (χ0) is 14.6. The molecule has 0 aliphatic carbocycles. The van der Waals surface area contributed by atoms with Crippen LogP contribution < -0.4 is 10.6 Å². The number of anilines is 1. The lowest BCUT2D eigenvalue weighted by molar-refractivity contribution is -0.136. The van der Waals surface area contributed by atoms with Gasteiger partial charge >= 0.3 is 11.8 Å². The van der Waals surface area contributed by atoms with E-state index in [0.717, 1.165) is 15.6 Å². The van der Waals surface area contributed by atoms with Crippen LogP contribution in [0.15, 0.2) is 16.6 Å². The Morgan fingerprint density at radius 2 is 1.79 bits per heavy atom. The molecule has 0 aromatic heterocycles. The van der Waals surface area contributed by atoms with Gasteiger partial charge in [0.05, 0.1) is 6.61 Å². The van der Waals surface area contributed by atoms with Crippen LogP contribution in [-0.2, 0) is 9.59 Å². The van der Waals surface area contributed by atoms with E-state index < -0.39 is 17.9 Å². The molecule has 0 heterocycles. The number of aliphatic hydroxyl groups is 1. The summed E-state index contributed by atoms with van der Waals surface area (Å²) in [5.41, 5.74) is 2.35. The maximum Gasteiger partial charge on any atom is 0.313 e. The molecular weight excluding hydrogens is 312 g/mol. The van der Waals surface area contributed by atoms with Crippen LogP contribution in [0.4, 0.5) is 5.69 Å². The highest BCUT2D eigenvalue weighted by Gasteiger charge is 2.17. The van der Waals surface area contributed by atoms with Crippen LogP contribution in [0.5, 0.6) is 0 Å². The molecule has 19 heavy (non-hydrogen) atoms. The summed E-state index contributed by atoms with van der Waals surface area (Å²) >= 11 is 3.36. The Labute approximate surface area is 120 Å². The Bertz CT molecular complexity index is 480. The van der Waals surface area contributed by atoms with Gasteiger partial charge in [-0.05, 0) is 44.0 Å². The predicted octanol–water partition coefficient (Wildman–Crippen LogP) is 1.50. The Morgan fingerprint density at radius 1 is 1.26 bits per heavy atom. The molecule has 0 unspecified atom stereocenters. The standard InChI is InChI=1S/C13H17BrN2O3/c1-7-4-10(14)5-8(2)11(7)16-13(19)12(18)15-9(3)6-17/h4-5,9,17H,6H2,1-3H3,(H,15,18)(H,16,19)/t9-/m1/s1. The Morgan fingerprint density at radius 3 is 2.26 bits per heavy atom. The molecule has 3 N–H and O–H groups in total. The summed E-state index contributed by atoms with van der Waals surface area (Å²) in [6.07, 6.45) is 0.